The molecule has 2 amide bonds. The summed E-state index contributed by atoms with van der Waals surface area (Å²) >= 11 is 22.3. The van der Waals surface area contributed by atoms with E-state index in [1.807, 2.05) is 0 Å². The molecular formula is C25H15BrCl3NO5S. The molecule has 3 aromatic carbocycles. The summed E-state index contributed by atoms with van der Waals surface area (Å²) in [4.78, 5) is 39.5. The van der Waals surface area contributed by atoms with Gasteiger partial charge in [-0.3, -0.25) is 14.5 Å². The number of carbonyl (C=O) groups is 3. The van der Waals surface area contributed by atoms with Crippen LogP contribution in [-0.2, 0) is 11.3 Å². The van der Waals surface area contributed by atoms with Gasteiger partial charge < -0.3 is 9.47 Å². The highest BCUT2D eigenvalue weighted by molar-refractivity contribution is 9.10. The maximum atomic E-state index is 12.9. The lowest BCUT2D eigenvalue weighted by Gasteiger charge is -2.13. The Balaban J connectivity index is 1.57. The highest BCUT2D eigenvalue weighted by Crippen LogP contribution is 2.40. The van der Waals surface area contributed by atoms with E-state index in [2.05, 4.69) is 15.9 Å². The second-order valence-corrected chi connectivity index (χ2v) is 10.5. The van der Waals surface area contributed by atoms with Crippen molar-refractivity contribution in [3.05, 3.63) is 95.7 Å². The average molecular weight is 628 g/mol. The van der Waals surface area contributed by atoms with Gasteiger partial charge in [0.05, 0.1) is 43.7 Å². The molecule has 6 nitrogen and oxygen atoms in total. The third kappa shape index (κ3) is 5.74. The summed E-state index contributed by atoms with van der Waals surface area (Å²) in [6.07, 6.45) is 1.56. The molecule has 0 N–H and O–H groups in total. The number of benzene rings is 3. The number of ether oxygens (including phenoxy) is 2. The predicted molar refractivity (Wildman–Crippen MR) is 145 cm³/mol. The number of rotatable bonds is 6. The Bertz CT molecular complexity index is 1430. The number of imide groups is 1. The Morgan fingerprint density at radius 1 is 1.03 bits per heavy atom. The van der Waals surface area contributed by atoms with E-state index in [1.54, 1.807) is 60.7 Å². The number of hydrogen-bond acceptors (Lipinski definition) is 6. The van der Waals surface area contributed by atoms with Crippen LogP contribution in [0.1, 0.15) is 21.5 Å². The van der Waals surface area contributed by atoms with Crippen LogP contribution in [0.3, 0.4) is 0 Å². The van der Waals surface area contributed by atoms with Crippen LogP contribution < -0.4 is 9.47 Å². The van der Waals surface area contributed by atoms with Gasteiger partial charge >= 0.3 is 5.97 Å². The Kier molecular flexibility index (Phi) is 8.32. The third-order valence-electron chi connectivity index (χ3n) is 5.04. The first-order chi connectivity index (χ1) is 17.2. The molecule has 3 aromatic rings. The zero-order valence-electron chi connectivity index (χ0n) is 18.4. The fourth-order valence-corrected chi connectivity index (χ4v) is 5.22. The Morgan fingerprint density at radius 3 is 2.47 bits per heavy atom. The van der Waals surface area contributed by atoms with Crippen molar-refractivity contribution in [1.29, 1.82) is 0 Å². The van der Waals surface area contributed by atoms with E-state index >= 15 is 0 Å². The lowest BCUT2D eigenvalue weighted by Crippen LogP contribution is -2.27. The summed E-state index contributed by atoms with van der Waals surface area (Å²) in [6.45, 7) is 0.0584. The molecule has 0 saturated carbocycles. The van der Waals surface area contributed by atoms with E-state index in [0.29, 0.717) is 25.6 Å². The molecule has 1 saturated heterocycles. The van der Waals surface area contributed by atoms with Crippen molar-refractivity contribution in [1.82, 2.24) is 4.90 Å². The largest absolute Gasteiger partial charge is 0.493 e. The van der Waals surface area contributed by atoms with Crippen LogP contribution in [0.2, 0.25) is 15.1 Å². The summed E-state index contributed by atoms with van der Waals surface area (Å²) in [5.74, 6) is -0.713. The van der Waals surface area contributed by atoms with E-state index in [1.165, 1.54) is 7.11 Å². The van der Waals surface area contributed by atoms with Crippen molar-refractivity contribution in [2.24, 2.45) is 0 Å². The first kappa shape index (κ1) is 26.6. The highest BCUT2D eigenvalue weighted by atomic mass is 79.9. The van der Waals surface area contributed by atoms with Gasteiger partial charge in [0.15, 0.2) is 11.5 Å². The Hall–Kier alpha value is -2.49. The SMILES string of the molecule is COc1cc(/C=C2\SC(=O)N(Cc3ccc(Cl)c(Cl)c3)C2=O)cc(Br)c1OC(=O)c1ccccc1Cl. The van der Waals surface area contributed by atoms with Crippen molar-refractivity contribution in [2.45, 2.75) is 6.54 Å². The van der Waals surface area contributed by atoms with Gasteiger partial charge in [-0.25, -0.2) is 4.79 Å². The molecule has 1 fully saturated rings. The summed E-state index contributed by atoms with van der Waals surface area (Å²) in [7, 11) is 1.42. The lowest BCUT2D eigenvalue weighted by atomic mass is 10.1. The number of esters is 1. The number of hydrogen-bond donors (Lipinski definition) is 0. The maximum absolute atomic E-state index is 12.9. The standard InChI is InChI=1S/C25H15BrCl3NO5S/c1-34-20-10-14(8-16(26)22(20)35-24(32)15-4-2-3-5-17(15)27)11-21-23(31)30(25(33)36-21)12-13-6-7-18(28)19(29)9-13/h2-11H,12H2,1H3/b21-11-. The van der Waals surface area contributed by atoms with E-state index in [9.17, 15) is 14.4 Å². The summed E-state index contributed by atoms with van der Waals surface area (Å²) in [5, 5.41) is 0.568. The molecule has 184 valence electrons. The zero-order valence-corrected chi connectivity index (χ0v) is 23.1. The molecular weight excluding hydrogens is 613 g/mol. The van der Waals surface area contributed by atoms with Crippen molar-refractivity contribution in [3.8, 4) is 11.5 Å². The molecule has 0 unspecified atom stereocenters. The van der Waals surface area contributed by atoms with Gasteiger partial charge in [0, 0.05) is 0 Å². The summed E-state index contributed by atoms with van der Waals surface area (Å²) < 4.78 is 11.3. The van der Waals surface area contributed by atoms with Gasteiger partial charge in [-0.1, -0.05) is 53.0 Å². The highest BCUT2D eigenvalue weighted by Gasteiger charge is 2.35. The van der Waals surface area contributed by atoms with Gasteiger partial charge in [-0.15, -0.1) is 0 Å². The van der Waals surface area contributed by atoms with Crippen LogP contribution in [-0.4, -0.2) is 29.1 Å². The molecule has 11 heteroatoms. The van der Waals surface area contributed by atoms with Crippen molar-refractivity contribution in [2.75, 3.05) is 7.11 Å². The van der Waals surface area contributed by atoms with E-state index in [-0.39, 0.29) is 33.5 Å². The van der Waals surface area contributed by atoms with E-state index < -0.39 is 17.1 Å². The van der Waals surface area contributed by atoms with Crippen LogP contribution in [0.25, 0.3) is 6.08 Å². The van der Waals surface area contributed by atoms with Crippen molar-refractivity contribution < 1.29 is 23.9 Å². The second kappa shape index (κ2) is 11.3. The van der Waals surface area contributed by atoms with Crippen LogP contribution in [0.4, 0.5) is 4.79 Å². The van der Waals surface area contributed by atoms with Crippen LogP contribution >= 0.6 is 62.5 Å². The Morgan fingerprint density at radius 2 is 1.78 bits per heavy atom. The quantitative estimate of drug-likeness (QED) is 0.157. The van der Waals surface area contributed by atoms with Crippen LogP contribution in [0, 0.1) is 0 Å². The third-order valence-corrected chi connectivity index (χ3v) is 7.60. The number of methoxy groups -OCH3 is 1. The van der Waals surface area contributed by atoms with Gasteiger partial charge in [0.2, 0.25) is 0 Å². The van der Waals surface area contributed by atoms with Crippen molar-refractivity contribution in [3.63, 3.8) is 0 Å². The van der Waals surface area contributed by atoms with Crippen LogP contribution in [0.15, 0.2) is 64.0 Å². The van der Waals surface area contributed by atoms with Gasteiger partial charge in [-0.2, -0.15) is 0 Å². The number of thioether (sulfide) groups is 1. The molecule has 0 atom stereocenters. The first-order valence-corrected chi connectivity index (χ1v) is 13.0. The van der Waals surface area contributed by atoms with Gasteiger partial charge in [-0.05, 0) is 81.3 Å². The fourth-order valence-electron chi connectivity index (χ4n) is 3.30. The maximum Gasteiger partial charge on any atom is 0.345 e. The van der Waals surface area contributed by atoms with E-state index in [4.69, 9.17) is 44.3 Å². The first-order valence-electron chi connectivity index (χ1n) is 10.2. The Labute approximate surface area is 234 Å². The molecule has 1 aliphatic rings. The molecule has 1 aliphatic heterocycles. The molecule has 0 aromatic heterocycles. The fraction of sp³-hybridized carbons (Fsp3) is 0.0800. The minimum Gasteiger partial charge on any atom is -0.493 e. The number of nitrogens with zero attached hydrogens (tertiary/aromatic N) is 1. The number of carbonyl (C=O) groups excluding carboxylic acids is 3. The lowest BCUT2D eigenvalue weighted by molar-refractivity contribution is -0.123. The molecule has 36 heavy (non-hydrogen) atoms. The minimum absolute atomic E-state index is 0.0584. The molecule has 4 rings (SSSR count). The monoisotopic (exact) mass is 625 g/mol. The summed E-state index contributed by atoms with van der Waals surface area (Å²) in [5.41, 5.74) is 1.42. The predicted octanol–water partition coefficient (Wildman–Crippen LogP) is 7.87. The average Bonchev–Trinajstić information content (AvgIpc) is 3.10. The minimum atomic E-state index is -0.657. The second-order valence-electron chi connectivity index (χ2n) is 7.42. The number of halogens is 4. The smallest absolute Gasteiger partial charge is 0.345 e. The molecule has 0 spiro atoms. The van der Waals surface area contributed by atoms with Crippen LogP contribution in [0.5, 0.6) is 11.5 Å². The topological polar surface area (TPSA) is 72.9 Å². The molecule has 0 radical (unpaired) electrons. The molecule has 0 aliphatic carbocycles. The zero-order chi connectivity index (χ0) is 26.0. The normalized spacial score (nSPS) is 14.5. The number of amides is 2. The summed E-state index contributed by atoms with van der Waals surface area (Å²) in [6, 6.07) is 14.7. The van der Waals surface area contributed by atoms with Crippen molar-refractivity contribution >= 4 is 85.7 Å². The molecule has 0 bridgehead atoms. The van der Waals surface area contributed by atoms with Gasteiger partial charge in [0.1, 0.15) is 0 Å². The van der Waals surface area contributed by atoms with Gasteiger partial charge in [0.25, 0.3) is 11.1 Å². The van der Waals surface area contributed by atoms with E-state index in [0.717, 1.165) is 16.7 Å². The molecule has 1 heterocycles.